The summed E-state index contributed by atoms with van der Waals surface area (Å²) in [5.74, 6) is -0.388. The first-order chi connectivity index (χ1) is 12.0. The molecule has 3 aromatic rings. The van der Waals surface area contributed by atoms with Gasteiger partial charge >= 0.3 is 0 Å². The van der Waals surface area contributed by atoms with E-state index >= 15 is 0 Å². The molecular formula is C19H20FN3OS. The highest BCUT2D eigenvalue weighted by Gasteiger charge is 2.19. The molecule has 0 saturated heterocycles. The number of benzene rings is 1. The van der Waals surface area contributed by atoms with E-state index in [1.807, 2.05) is 36.0 Å². The lowest BCUT2D eigenvalue weighted by Crippen LogP contribution is -2.32. The fourth-order valence-corrected chi connectivity index (χ4v) is 3.62. The van der Waals surface area contributed by atoms with Gasteiger partial charge in [0.25, 0.3) is 0 Å². The van der Waals surface area contributed by atoms with Gasteiger partial charge < -0.3 is 5.32 Å². The molecule has 0 saturated carbocycles. The van der Waals surface area contributed by atoms with Crippen molar-refractivity contribution in [3.05, 3.63) is 75.5 Å². The molecule has 0 fully saturated rings. The molecule has 0 radical (unpaired) electrons. The van der Waals surface area contributed by atoms with Crippen molar-refractivity contribution in [2.24, 2.45) is 0 Å². The Hall–Kier alpha value is -2.47. The largest absolute Gasteiger partial charge is 0.353 e. The molecule has 1 aromatic carbocycles. The van der Waals surface area contributed by atoms with Gasteiger partial charge in [-0.2, -0.15) is 5.10 Å². The number of amides is 1. The molecule has 0 unspecified atom stereocenters. The number of rotatable bonds is 6. The second-order valence-electron chi connectivity index (χ2n) is 6.01. The Morgan fingerprint density at radius 1 is 1.28 bits per heavy atom. The normalized spacial score (nSPS) is 12.1. The van der Waals surface area contributed by atoms with Crippen molar-refractivity contribution >= 4 is 17.2 Å². The Morgan fingerprint density at radius 2 is 2.04 bits per heavy atom. The molecule has 130 valence electrons. The Labute approximate surface area is 150 Å². The molecule has 6 heteroatoms. The van der Waals surface area contributed by atoms with Crippen LogP contribution < -0.4 is 5.32 Å². The Morgan fingerprint density at radius 3 is 2.64 bits per heavy atom. The lowest BCUT2D eigenvalue weighted by molar-refractivity contribution is -0.120. The van der Waals surface area contributed by atoms with E-state index in [0.717, 1.165) is 21.8 Å². The molecule has 4 nitrogen and oxygen atoms in total. The van der Waals surface area contributed by atoms with E-state index in [2.05, 4.69) is 16.5 Å². The van der Waals surface area contributed by atoms with Crippen molar-refractivity contribution in [3.8, 4) is 0 Å². The molecule has 0 aliphatic heterocycles. The van der Waals surface area contributed by atoms with Crippen LogP contribution >= 0.6 is 11.3 Å². The highest BCUT2D eigenvalue weighted by Crippen LogP contribution is 2.24. The Kier molecular flexibility index (Phi) is 5.28. The summed E-state index contributed by atoms with van der Waals surface area (Å²) in [6, 6.07) is 12.0. The van der Waals surface area contributed by atoms with E-state index in [-0.39, 0.29) is 24.2 Å². The van der Waals surface area contributed by atoms with Crippen LogP contribution in [-0.2, 0) is 11.2 Å². The van der Waals surface area contributed by atoms with Crippen LogP contribution in [0.5, 0.6) is 0 Å². The number of hydrogen-bond acceptors (Lipinski definition) is 3. The van der Waals surface area contributed by atoms with E-state index in [1.54, 1.807) is 23.5 Å². The van der Waals surface area contributed by atoms with Gasteiger partial charge in [-0.25, -0.2) is 4.39 Å². The number of nitrogens with zero attached hydrogens (tertiary/aromatic N) is 2. The number of carbonyl (C=O) groups is 1. The third-order valence-electron chi connectivity index (χ3n) is 3.98. The second-order valence-corrected chi connectivity index (χ2v) is 6.99. The van der Waals surface area contributed by atoms with Crippen LogP contribution in [0.2, 0.25) is 0 Å². The van der Waals surface area contributed by atoms with Crippen LogP contribution in [0, 0.1) is 19.7 Å². The van der Waals surface area contributed by atoms with E-state index < -0.39 is 0 Å². The SMILES string of the molecule is Cc1cc(C)n([C@H](CNC(=O)Cc2ccc(F)cc2)c2cccs2)n1. The number of carbonyl (C=O) groups excluding carboxylic acids is 1. The van der Waals surface area contributed by atoms with Crippen molar-refractivity contribution in [2.75, 3.05) is 6.54 Å². The minimum absolute atomic E-state index is 0.0362. The fourth-order valence-electron chi connectivity index (χ4n) is 2.81. The first-order valence-electron chi connectivity index (χ1n) is 8.10. The van der Waals surface area contributed by atoms with Crippen molar-refractivity contribution < 1.29 is 9.18 Å². The van der Waals surface area contributed by atoms with Gasteiger partial charge in [-0.3, -0.25) is 9.48 Å². The minimum Gasteiger partial charge on any atom is -0.353 e. The number of aryl methyl sites for hydroxylation is 2. The molecular weight excluding hydrogens is 337 g/mol. The molecule has 0 bridgehead atoms. The van der Waals surface area contributed by atoms with Crippen molar-refractivity contribution in [1.82, 2.24) is 15.1 Å². The molecule has 0 aliphatic rings. The topological polar surface area (TPSA) is 46.9 Å². The third-order valence-corrected chi connectivity index (χ3v) is 4.96. The fraction of sp³-hybridized carbons (Fsp3) is 0.263. The van der Waals surface area contributed by atoms with Crippen molar-refractivity contribution in [2.45, 2.75) is 26.3 Å². The van der Waals surface area contributed by atoms with Gasteiger partial charge in [0.2, 0.25) is 5.91 Å². The van der Waals surface area contributed by atoms with Gasteiger partial charge in [0.05, 0.1) is 12.1 Å². The zero-order valence-corrected chi connectivity index (χ0v) is 15.0. The molecule has 2 aromatic heterocycles. The first-order valence-corrected chi connectivity index (χ1v) is 8.98. The van der Waals surface area contributed by atoms with Gasteiger partial charge in [0.15, 0.2) is 0 Å². The molecule has 0 spiro atoms. The van der Waals surface area contributed by atoms with Crippen LogP contribution in [-0.4, -0.2) is 22.2 Å². The Bertz CT molecular complexity index is 840. The van der Waals surface area contributed by atoms with Crippen LogP contribution in [0.15, 0.2) is 47.8 Å². The van der Waals surface area contributed by atoms with E-state index in [0.29, 0.717) is 6.54 Å². The average molecular weight is 357 g/mol. The molecule has 1 atom stereocenters. The summed E-state index contributed by atoms with van der Waals surface area (Å²) in [7, 11) is 0. The molecule has 1 amide bonds. The number of thiophene rings is 1. The van der Waals surface area contributed by atoms with Crippen LogP contribution in [0.3, 0.4) is 0 Å². The zero-order valence-electron chi connectivity index (χ0n) is 14.2. The van der Waals surface area contributed by atoms with Gasteiger partial charge in [-0.15, -0.1) is 11.3 Å². The number of halogens is 1. The Balaban J connectivity index is 1.69. The molecule has 1 N–H and O–H groups in total. The molecule has 0 aliphatic carbocycles. The summed E-state index contributed by atoms with van der Waals surface area (Å²) in [6.07, 6.45) is 0.231. The lowest BCUT2D eigenvalue weighted by Gasteiger charge is -2.19. The third kappa shape index (κ3) is 4.33. The van der Waals surface area contributed by atoms with Crippen molar-refractivity contribution in [1.29, 1.82) is 0 Å². The summed E-state index contributed by atoms with van der Waals surface area (Å²) in [6.45, 7) is 4.44. The highest BCUT2D eigenvalue weighted by molar-refractivity contribution is 7.10. The summed E-state index contributed by atoms with van der Waals surface area (Å²) >= 11 is 1.65. The number of aromatic nitrogens is 2. The van der Waals surface area contributed by atoms with Gasteiger partial charge in [-0.05, 0) is 49.1 Å². The summed E-state index contributed by atoms with van der Waals surface area (Å²) < 4.78 is 14.9. The number of hydrogen-bond donors (Lipinski definition) is 1. The summed E-state index contributed by atoms with van der Waals surface area (Å²) in [4.78, 5) is 13.4. The smallest absolute Gasteiger partial charge is 0.224 e. The maximum atomic E-state index is 13.0. The monoisotopic (exact) mass is 357 g/mol. The van der Waals surface area contributed by atoms with Gasteiger partial charge in [0, 0.05) is 17.1 Å². The van der Waals surface area contributed by atoms with Gasteiger partial charge in [0.1, 0.15) is 11.9 Å². The molecule has 25 heavy (non-hydrogen) atoms. The minimum atomic E-state index is -0.300. The van der Waals surface area contributed by atoms with Gasteiger partial charge in [-0.1, -0.05) is 18.2 Å². The maximum Gasteiger partial charge on any atom is 0.224 e. The highest BCUT2D eigenvalue weighted by atomic mass is 32.1. The van der Waals surface area contributed by atoms with Crippen LogP contribution in [0.4, 0.5) is 4.39 Å². The maximum absolute atomic E-state index is 13.0. The standard InChI is InChI=1S/C19H20FN3OS/c1-13-10-14(2)23(22-13)17(18-4-3-9-25-18)12-21-19(24)11-15-5-7-16(20)8-6-15/h3-10,17H,11-12H2,1-2H3,(H,21,24)/t17-/m1/s1. The summed E-state index contributed by atoms with van der Waals surface area (Å²) in [5.41, 5.74) is 2.80. The number of nitrogens with one attached hydrogen (secondary N) is 1. The van der Waals surface area contributed by atoms with Crippen LogP contribution in [0.25, 0.3) is 0 Å². The average Bonchev–Trinajstić information content (AvgIpc) is 3.20. The van der Waals surface area contributed by atoms with Crippen molar-refractivity contribution in [3.63, 3.8) is 0 Å². The molecule has 3 rings (SSSR count). The van der Waals surface area contributed by atoms with E-state index in [1.165, 1.54) is 12.1 Å². The predicted molar refractivity (Wildman–Crippen MR) is 97.3 cm³/mol. The molecule has 2 heterocycles. The quantitative estimate of drug-likeness (QED) is 0.732. The van der Waals surface area contributed by atoms with Crippen LogP contribution in [0.1, 0.15) is 27.9 Å². The predicted octanol–water partition coefficient (Wildman–Crippen LogP) is 3.65. The zero-order chi connectivity index (χ0) is 17.8. The van der Waals surface area contributed by atoms with E-state index in [9.17, 15) is 9.18 Å². The lowest BCUT2D eigenvalue weighted by atomic mass is 10.1. The second kappa shape index (κ2) is 7.61. The van der Waals surface area contributed by atoms with E-state index in [4.69, 9.17) is 0 Å². The first kappa shape index (κ1) is 17.4. The summed E-state index contributed by atoms with van der Waals surface area (Å²) in [5, 5.41) is 9.57.